The molecule has 0 radical (unpaired) electrons. The van der Waals surface area contributed by atoms with E-state index < -0.39 is 15.8 Å². The number of hydrogen-bond acceptors (Lipinski definition) is 7. The predicted octanol–water partition coefficient (Wildman–Crippen LogP) is 5.22. The van der Waals surface area contributed by atoms with Gasteiger partial charge in [-0.3, -0.25) is 9.40 Å². The molecular formula is C29H30ClFN6O3S. The molecule has 1 fully saturated rings. The second-order valence-corrected chi connectivity index (χ2v) is 12.3. The second-order valence-electron chi connectivity index (χ2n) is 10.3. The van der Waals surface area contributed by atoms with Crippen molar-refractivity contribution in [3.05, 3.63) is 71.1 Å². The van der Waals surface area contributed by atoms with Crippen molar-refractivity contribution in [1.29, 1.82) is 0 Å². The number of fused-ring (bicyclic) bond motifs is 1. The quantitative estimate of drug-likeness (QED) is 0.255. The van der Waals surface area contributed by atoms with Crippen LogP contribution in [0.3, 0.4) is 0 Å². The van der Waals surface area contributed by atoms with Crippen molar-refractivity contribution >= 4 is 49.6 Å². The summed E-state index contributed by atoms with van der Waals surface area (Å²) in [6.45, 7) is 4.09. The summed E-state index contributed by atoms with van der Waals surface area (Å²) in [4.78, 5) is 4.35. The highest BCUT2D eigenvalue weighted by Gasteiger charge is 2.26. The predicted molar refractivity (Wildman–Crippen MR) is 159 cm³/mol. The smallest absolute Gasteiger partial charge is 0.263 e. The molecule has 1 aliphatic carbocycles. The summed E-state index contributed by atoms with van der Waals surface area (Å²) in [7, 11) is -4.10. The number of benzene rings is 2. The highest BCUT2D eigenvalue weighted by Crippen LogP contribution is 2.39. The number of ether oxygens (including phenoxy) is 1. The first kappa shape index (κ1) is 27.6. The number of rotatable bonds is 8. The topological polar surface area (TPSA) is 124 Å². The van der Waals surface area contributed by atoms with Crippen LogP contribution in [0.5, 0.6) is 0 Å². The molecule has 2 aromatic carbocycles. The Morgan fingerprint density at radius 2 is 2.00 bits per heavy atom. The summed E-state index contributed by atoms with van der Waals surface area (Å²) in [5.74, 6) is -0.464. The van der Waals surface area contributed by atoms with Crippen molar-refractivity contribution in [1.82, 2.24) is 20.1 Å². The molecular weight excluding hydrogens is 567 g/mol. The van der Waals surface area contributed by atoms with Gasteiger partial charge in [-0.25, -0.2) is 17.8 Å². The number of sulfonamides is 1. The van der Waals surface area contributed by atoms with Gasteiger partial charge >= 0.3 is 0 Å². The Bertz CT molecular complexity index is 1770. The van der Waals surface area contributed by atoms with Gasteiger partial charge in [0.25, 0.3) is 10.0 Å². The first-order valence-electron chi connectivity index (χ1n) is 13.5. The van der Waals surface area contributed by atoms with E-state index in [-0.39, 0.29) is 15.6 Å². The summed E-state index contributed by atoms with van der Waals surface area (Å²) < 4.78 is 50.5. The van der Waals surface area contributed by atoms with Crippen LogP contribution in [0.4, 0.5) is 15.9 Å². The molecule has 0 saturated carbocycles. The number of aromatic nitrogens is 3. The molecule has 2 aliphatic rings. The lowest BCUT2D eigenvalue weighted by molar-refractivity contribution is -0.0103. The second kappa shape index (κ2) is 11.1. The average molecular weight is 597 g/mol. The molecule has 6 rings (SSSR count). The third kappa shape index (κ3) is 5.30. The number of hydrogen-bond donors (Lipinski definition) is 3. The Balaban J connectivity index is 1.34. The summed E-state index contributed by atoms with van der Waals surface area (Å²) in [6, 6.07) is 11.1. The SMILES string of the molecule is CCn1nc(-c2ccc(NS(=O)(=O)c3ccccc3Cl)c(F)c2)c2c(N)ncc(C3=CCC(NC4COC4)CC3)c21. The molecule has 3 heterocycles. The van der Waals surface area contributed by atoms with Gasteiger partial charge in [0.2, 0.25) is 0 Å². The molecule has 4 N–H and O–H groups in total. The van der Waals surface area contributed by atoms with Crippen molar-refractivity contribution in [3.63, 3.8) is 0 Å². The molecule has 0 bridgehead atoms. The number of pyridine rings is 1. The summed E-state index contributed by atoms with van der Waals surface area (Å²) in [6.07, 6.45) is 6.83. The molecule has 0 amide bonds. The van der Waals surface area contributed by atoms with E-state index in [4.69, 9.17) is 27.2 Å². The average Bonchev–Trinajstić information content (AvgIpc) is 3.33. The Morgan fingerprint density at radius 3 is 2.66 bits per heavy atom. The largest absolute Gasteiger partial charge is 0.383 e. The van der Waals surface area contributed by atoms with Gasteiger partial charge < -0.3 is 15.8 Å². The van der Waals surface area contributed by atoms with Crippen molar-refractivity contribution < 1.29 is 17.5 Å². The zero-order valence-electron chi connectivity index (χ0n) is 22.4. The minimum Gasteiger partial charge on any atom is -0.383 e. The van der Waals surface area contributed by atoms with Crippen LogP contribution in [0, 0.1) is 5.82 Å². The molecule has 41 heavy (non-hydrogen) atoms. The summed E-state index contributed by atoms with van der Waals surface area (Å²) in [5, 5.41) is 9.12. The Kier molecular flexibility index (Phi) is 7.45. The minimum atomic E-state index is -4.10. The standard InChI is InChI=1S/C29H30ClFN6O3S/c1-2-37-28-21(17-7-10-19(11-8-17)34-20-15-40-16-20)14-33-29(32)26(28)27(35-37)18-9-12-24(23(31)13-18)36-41(38,39)25-6-4-3-5-22(25)30/h3-7,9,12-14,19-20,34,36H,2,8,10-11,15-16H2,1H3,(H2,32,33). The van der Waals surface area contributed by atoms with Crippen LogP contribution in [-0.2, 0) is 21.3 Å². The van der Waals surface area contributed by atoms with Crippen molar-refractivity contribution in [2.24, 2.45) is 0 Å². The van der Waals surface area contributed by atoms with Crippen LogP contribution in [0.25, 0.3) is 27.7 Å². The van der Waals surface area contributed by atoms with Crippen LogP contribution in [0.1, 0.15) is 31.7 Å². The van der Waals surface area contributed by atoms with E-state index in [9.17, 15) is 8.42 Å². The van der Waals surface area contributed by atoms with E-state index >= 15 is 4.39 Å². The number of nitrogens with one attached hydrogen (secondary N) is 2. The molecule has 9 nitrogen and oxygen atoms in total. The highest BCUT2D eigenvalue weighted by molar-refractivity contribution is 7.92. The first-order chi connectivity index (χ1) is 19.7. The molecule has 214 valence electrons. The summed E-state index contributed by atoms with van der Waals surface area (Å²) >= 11 is 6.06. The van der Waals surface area contributed by atoms with Gasteiger partial charge in [0.1, 0.15) is 22.2 Å². The number of nitrogens with zero attached hydrogens (tertiary/aromatic N) is 3. The lowest BCUT2D eigenvalue weighted by atomic mass is 9.89. The van der Waals surface area contributed by atoms with Crippen LogP contribution in [0.15, 0.2) is 59.6 Å². The molecule has 2 aromatic heterocycles. The normalized spacial score (nSPS) is 17.8. The van der Waals surface area contributed by atoms with Gasteiger partial charge in [-0.15, -0.1) is 0 Å². The molecule has 1 saturated heterocycles. The molecule has 1 aliphatic heterocycles. The zero-order valence-corrected chi connectivity index (χ0v) is 24.0. The maximum Gasteiger partial charge on any atom is 0.263 e. The number of nitrogen functional groups attached to an aromatic ring is 1. The third-order valence-corrected chi connectivity index (χ3v) is 9.44. The van der Waals surface area contributed by atoms with Gasteiger partial charge in [-0.2, -0.15) is 5.10 Å². The molecule has 1 unspecified atom stereocenters. The lowest BCUT2D eigenvalue weighted by Crippen LogP contribution is -2.50. The van der Waals surface area contributed by atoms with E-state index in [1.807, 2.05) is 11.6 Å². The maximum absolute atomic E-state index is 15.3. The Morgan fingerprint density at radius 1 is 1.20 bits per heavy atom. The first-order valence-corrected chi connectivity index (χ1v) is 15.4. The van der Waals surface area contributed by atoms with Crippen molar-refractivity contribution in [2.45, 2.75) is 49.7 Å². The maximum atomic E-state index is 15.3. The van der Waals surface area contributed by atoms with Gasteiger partial charge in [0.15, 0.2) is 0 Å². The van der Waals surface area contributed by atoms with E-state index in [0.29, 0.717) is 41.1 Å². The van der Waals surface area contributed by atoms with Gasteiger partial charge in [0.05, 0.1) is 40.9 Å². The number of aryl methyl sites for hydroxylation is 1. The van der Waals surface area contributed by atoms with Crippen LogP contribution < -0.4 is 15.8 Å². The van der Waals surface area contributed by atoms with Gasteiger partial charge in [-0.1, -0.05) is 35.9 Å². The number of nitrogens with two attached hydrogens (primary N) is 1. The highest BCUT2D eigenvalue weighted by atomic mass is 35.5. The number of allylic oxidation sites excluding steroid dienone is 1. The fourth-order valence-electron chi connectivity index (χ4n) is 5.41. The number of halogens is 2. The van der Waals surface area contributed by atoms with Gasteiger partial charge in [0, 0.05) is 29.9 Å². The monoisotopic (exact) mass is 596 g/mol. The van der Waals surface area contributed by atoms with E-state index in [1.54, 1.807) is 24.4 Å². The lowest BCUT2D eigenvalue weighted by Gasteiger charge is -2.33. The summed E-state index contributed by atoms with van der Waals surface area (Å²) in [5.41, 5.74) is 10.1. The van der Waals surface area contributed by atoms with Gasteiger partial charge in [-0.05, 0) is 56.0 Å². The zero-order chi connectivity index (χ0) is 28.7. The Labute approximate surface area is 242 Å². The molecule has 4 aromatic rings. The van der Waals surface area contributed by atoms with Crippen LogP contribution >= 0.6 is 11.6 Å². The third-order valence-electron chi connectivity index (χ3n) is 7.58. The van der Waals surface area contributed by atoms with Crippen LogP contribution in [-0.4, -0.2) is 48.5 Å². The molecule has 0 spiro atoms. The van der Waals surface area contributed by atoms with E-state index in [0.717, 1.165) is 43.6 Å². The fraction of sp³-hybridized carbons (Fsp3) is 0.310. The van der Waals surface area contributed by atoms with Crippen molar-refractivity contribution in [3.8, 4) is 11.3 Å². The van der Waals surface area contributed by atoms with Crippen LogP contribution in [0.2, 0.25) is 5.02 Å². The van der Waals surface area contributed by atoms with E-state index in [2.05, 4.69) is 21.1 Å². The number of anilines is 2. The molecule has 12 heteroatoms. The van der Waals surface area contributed by atoms with Crippen molar-refractivity contribution in [2.75, 3.05) is 23.7 Å². The minimum absolute atomic E-state index is 0.0419. The fourth-order valence-corrected chi connectivity index (χ4v) is 6.99. The van der Waals surface area contributed by atoms with E-state index in [1.165, 1.54) is 29.8 Å². The molecule has 1 atom stereocenters. The Hall–Kier alpha value is -3.51.